The third-order valence-corrected chi connectivity index (χ3v) is 4.29. The molecule has 0 saturated carbocycles. The van der Waals surface area contributed by atoms with E-state index in [0.717, 1.165) is 41.6 Å². The van der Waals surface area contributed by atoms with Gasteiger partial charge >= 0.3 is 0 Å². The summed E-state index contributed by atoms with van der Waals surface area (Å²) in [6.07, 6.45) is 0.922. The fourth-order valence-corrected chi connectivity index (χ4v) is 3.20. The van der Waals surface area contributed by atoms with Crippen LogP contribution in [0, 0.1) is 27.7 Å². The topological polar surface area (TPSA) is 63.9 Å². The number of likely N-dealkylation sites (tertiary alicyclic amines) is 1. The van der Waals surface area contributed by atoms with E-state index in [1.807, 2.05) is 44.7 Å². The molecule has 2 aromatic rings. The molecule has 1 fully saturated rings. The summed E-state index contributed by atoms with van der Waals surface area (Å²) in [7, 11) is 0. The van der Waals surface area contributed by atoms with Crippen molar-refractivity contribution in [3.63, 3.8) is 0 Å². The lowest BCUT2D eigenvalue weighted by atomic mass is 10.1. The Morgan fingerprint density at radius 3 is 2.43 bits per heavy atom. The molecule has 1 atom stereocenters. The van der Waals surface area contributed by atoms with Gasteiger partial charge in [-0.25, -0.2) is 9.97 Å². The number of hydrogen-bond acceptors (Lipinski definition) is 4. The van der Waals surface area contributed by atoms with Crippen molar-refractivity contribution in [2.75, 3.05) is 13.1 Å². The summed E-state index contributed by atoms with van der Waals surface area (Å²) in [5.41, 5.74) is 3.93. The average Bonchev–Trinajstić information content (AvgIpc) is 3.05. The van der Waals surface area contributed by atoms with Gasteiger partial charge < -0.3 is 4.90 Å². The SMILES string of the molecule is Cc1cc(C)nc(C2CCN(C(=O)Cn3nc(C)cc3C)C2)n1. The minimum Gasteiger partial charge on any atom is -0.340 e. The highest BCUT2D eigenvalue weighted by atomic mass is 16.2. The van der Waals surface area contributed by atoms with Crippen molar-refractivity contribution in [1.82, 2.24) is 24.6 Å². The maximum absolute atomic E-state index is 12.5. The fraction of sp³-hybridized carbons (Fsp3) is 0.529. The lowest BCUT2D eigenvalue weighted by Gasteiger charge is -2.17. The van der Waals surface area contributed by atoms with E-state index in [4.69, 9.17) is 0 Å². The van der Waals surface area contributed by atoms with Crippen molar-refractivity contribution in [3.05, 3.63) is 40.7 Å². The van der Waals surface area contributed by atoms with E-state index in [-0.39, 0.29) is 11.8 Å². The Bertz CT molecular complexity index is 716. The van der Waals surface area contributed by atoms with Crippen LogP contribution in [0.1, 0.15) is 40.9 Å². The number of nitrogens with zero attached hydrogens (tertiary/aromatic N) is 5. The van der Waals surface area contributed by atoms with Crippen molar-refractivity contribution >= 4 is 5.91 Å². The maximum atomic E-state index is 12.5. The van der Waals surface area contributed by atoms with E-state index in [2.05, 4.69) is 15.1 Å². The van der Waals surface area contributed by atoms with Gasteiger partial charge in [0.15, 0.2) is 0 Å². The molecule has 6 nitrogen and oxygen atoms in total. The molecule has 1 saturated heterocycles. The summed E-state index contributed by atoms with van der Waals surface area (Å²) >= 11 is 0. The Morgan fingerprint density at radius 1 is 1.13 bits per heavy atom. The highest BCUT2D eigenvalue weighted by molar-refractivity contribution is 5.76. The molecule has 0 bridgehead atoms. The van der Waals surface area contributed by atoms with Crippen LogP contribution >= 0.6 is 0 Å². The van der Waals surface area contributed by atoms with E-state index >= 15 is 0 Å². The number of aryl methyl sites for hydroxylation is 4. The third kappa shape index (κ3) is 3.41. The maximum Gasteiger partial charge on any atom is 0.244 e. The Labute approximate surface area is 136 Å². The molecule has 3 heterocycles. The van der Waals surface area contributed by atoms with E-state index in [1.165, 1.54) is 0 Å². The summed E-state index contributed by atoms with van der Waals surface area (Å²) in [6.45, 7) is 9.65. The molecule has 0 radical (unpaired) electrons. The Balaban J connectivity index is 1.67. The number of carbonyl (C=O) groups excluding carboxylic acids is 1. The first-order valence-corrected chi connectivity index (χ1v) is 8.03. The number of carbonyl (C=O) groups is 1. The van der Waals surface area contributed by atoms with Crippen LogP contribution in [0.25, 0.3) is 0 Å². The first kappa shape index (κ1) is 15.6. The van der Waals surface area contributed by atoms with Gasteiger partial charge in [0.25, 0.3) is 0 Å². The highest BCUT2D eigenvalue weighted by Gasteiger charge is 2.29. The molecule has 3 rings (SSSR count). The zero-order valence-electron chi connectivity index (χ0n) is 14.2. The molecular formula is C17H23N5O. The second-order valence-corrected chi connectivity index (χ2v) is 6.42. The van der Waals surface area contributed by atoms with Crippen molar-refractivity contribution in [3.8, 4) is 0 Å². The van der Waals surface area contributed by atoms with Crippen LogP contribution in [-0.4, -0.2) is 43.6 Å². The van der Waals surface area contributed by atoms with Crippen molar-refractivity contribution in [1.29, 1.82) is 0 Å². The molecule has 23 heavy (non-hydrogen) atoms. The zero-order chi connectivity index (χ0) is 16.6. The van der Waals surface area contributed by atoms with E-state index in [1.54, 1.807) is 4.68 Å². The molecule has 1 amide bonds. The zero-order valence-corrected chi connectivity index (χ0v) is 14.2. The highest BCUT2D eigenvalue weighted by Crippen LogP contribution is 2.25. The molecule has 0 aromatic carbocycles. The minimum atomic E-state index is 0.114. The molecule has 1 aliphatic heterocycles. The average molecular weight is 313 g/mol. The van der Waals surface area contributed by atoms with Crippen LogP contribution < -0.4 is 0 Å². The van der Waals surface area contributed by atoms with Crippen LogP contribution in [0.4, 0.5) is 0 Å². The molecule has 6 heteroatoms. The summed E-state index contributed by atoms with van der Waals surface area (Å²) in [4.78, 5) is 23.5. The number of aromatic nitrogens is 4. The van der Waals surface area contributed by atoms with Gasteiger partial charge in [-0.1, -0.05) is 0 Å². The lowest BCUT2D eigenvalue weighted by Crippen LogP contribution is -2.32. The number of hydrogen-bond donors (Lipinski definition) is 0. The van der Waals surface area contributed by atoms with Crippen LogP contribution in [0.3, 0.4) is 0 Å². The van der Waals surface area contributed by atoms with Crippen molar-refractivity contribution in [2.24, 2.45) is 0 Å². The predicted molar refractivity (Wildman–Crippen MR) is 87.1 cm³/mol. The van der Waals surface area contributed by atoms with Crippen molar-refractivity contribution in [2.45, 2.75) is 46.6 Å². The molecular weight excluding hydrogens is 290 g/mol. The van der Waals surface area contributed by atoms with E-state index < -0.39 is 0 Å². The van der Waals surface area contributed by atoms with Gasteiger partial charge in [-0.3, -0.25) is 9.48 Å². The smallest absolute Gasteiger partial charge is 0.244 e. The van der Waals surface area contributed by atoms with Gasteiger partial charge in [-0.05, 0) is 46.2 Å². The largest absolute Gasteiger partial charge is 0.340 e. The minimum absolute atomic E-state index is 0.114. The molecule has 0 spiro atoms. The van der Waals surface area contributed by atoms with Crippen LogP contribution in [0.5, 0.6) is 0 Å². The summed E-state index contributed by atoms with van der Waals surface area (Å²) in [5, 5.41) is 4.37. The Hall–Kier alpha value is -2.24. The number of amides is 1. The van der Waals surface area contributed by atoms with E-state index in [9.17, 15) is 4.79 Å². The quantitative estimate of drug-likeness (QED) is 0.868. The molecule has 122 valence electrons. The van der Waals surface area contributed by atoms with Gasteiger partial charge in [-0.15, -0.1) is 0 Å². The summed E-state index contributed by atoms with van der Waals surface area (Å²) < 4.78 is 1.78. The van der Waals surface area contributed by atoms with Gasteiger partial charge in [0, 0.05) is 36.1 Å². The van der Waals surface area contributed by atoms with Gasteiger partial charge in [0.2, 0.25) is 5.91 Å². The van der Waals surface area contributed by atoms with Crippen molar-refractivity contribution < 1.29 is 4.79 Å². The fourth-order valence-electron chi connectivity index (χ4n) is 3.20. The standard InChI is InChI=1S/C17H23N5O/c1-11-7-12(2)19-17(18-11)15-5-6-21(9-15)16(23)10-22-14(4)8-13(3)20-22/h7-8,15H,5-6,9-10H2,1-4H3. The monoisotopic (exact) mass is 313 g/mol. The summed E-state index contributed by atoms with van der Waals surface area (Å²) in [5.74, 6) is 1.21. The first-order chi connectivity index (χ1) is 10.9. The first-order valence-electron chi connectivity index (χ1n) is 8.03. The predicted octanol–water partition coefficient (Wildman–Crippen LogP) is 1.92. The van der Waals surface area contributed by atoms with Crippen LogP contribution in [0.15, 0.2) is 12.1 Å². The third-order valence-electron chi connectivity index (χ3n) is 4.29. The molecule has 1 aliphatic rings. The van der Waals surface area contributed by atoms with Crippen LogP contribution in [0.2, 0.25) is 0 Å². The van der Waals surface area contributed by atoms with Gasteiger partial charge in [0.05, 0.1) is 5.69 Å². The molecule has 1 unspecified atom stereocenters. The van der Waals surface area contributed by atoms with Gasteiger partial charge in [0.1, 0.15) is 12.4 Å². The molecule has 0 N–H and O–H groups in total. The second kappa shape index (κ2) is 6.10. The Morgan fingerprint density at radius 2 is 1.83 bits per heavy atom. The normalized spacial score (nSPS) is 17.7. The summed E-state index contributed by atoms with van der Waals surface area (Å²) in [6, 6.07) is 3.97. The second-order valence-electron chi connectivity index (χ2n) is 6.42. The molecule has 2 aromatic heterocycles. The number of rotatable bonds is 3. The Kier molecular flexibility index (Phi) is 4.15. The molecule has 0 aliphatic carbocycles. The van der Waals surface area contributed by atoms with Gasteiger partial charge in [-0.2, -0.15) is 5.10 Å². The van der Waals surface area contributed by atoms with Crippen LogP contribution in [-0.2, 0) is 11.3 Å². The lowest BCUT2D eigenvalue weighted by molar-refractivity contribution is -0.131. The van der Waals surface area contributed by atoms with E-state index in [0.29, 0.717) is 13.1 Å².